The molecule has 1 aliphatic heterocycles. The molecule has 0 N–H and O–H groups in total. The van der Waals surface area contributed by atoms with Gasteiger partial charge in [-0.15, -0.1) is 0 Å². The molecule has 1 aliphatic rings. The van der Waals surface area contributed by atoms with Crippen LogP contribution in [-0.2, 0) is 11.3 Å². The third-order valence-corrected chi connectivity index (χ3v) is 5.28. The number of nitrogens with zero attached hydrogens (tertiary/aromatic N) is 3. The van der Waals surface area contributed by atoms with E-state index in [2.05, 4.69) is 43.8 Å². The highest BCUT2D eigenvalue weighted by Gasteiger charge is 2.25. The second kappa shape index (κ2) is 7.50. The number of fused-ring (bicyclic) bond motifs is 1. The quantitative estimate of drug-likeness (QED) is 0.620. The van der Waals surface area contributed by atoms with Gasteiger partial charge in [0.1, 0.15) is 12.3 Å². The molecule has 1 saturated heterocycles. The van der Waals surface area contributed by atoms with Gasteiger partial charge in [0.2, 0.25) is 0 Å². The molecule has 0 saturated carbocycles. The standard InChI is InChI=1S/C20H20BrN3O2/c21-17-12-16-6-11-24(19(16)22-13-17)18-7-9-23(10-8-18)20(25)26-14-15-4-2-1-3-5-15/h1-6,11-13,18H,7-10,14H2. The first-order valence-electron chi connectivity index (χ1n) is 8.78. The second-order valence-electron chi connectivity index (χ2n) is 6.55. The maximum absolute atomic E-state index is 12.3. The number of carbonyl (C=O) groups excluding carboxylic acids is 1. The van der Waals surface area contributed by atoms with Gasteiger partial charge in [0.15, 0.2) is 0 Å². The second-order valence-corrected chi connectivity index (χ2v) is 7.46. The Morgan fingerprint density at radius 3 is 2.73 bits per heavy atom. The number of likely N-dealkylation sites (tertiary alicyclic amines) is 1. The Morgan fingerprint density at radius 2 is 1.96 bits per heavy atom. The summed E-state index contributed by atoms with van der Waals surface area (Å²) >= 11 is 3.46. The number of hydrogen-bond donors (Lipinski definition) is 0. The summed E-state index contributed by atoms with van der Waals surface area (Å²) in [7, 11) is 0. The smallest absolute Gasteiger partial charge is 0.410 e. The van der Waals surface area contributed by atoms with E-state index in [1.54, 1.807) is 4.90 Å². The number of carbonyl (C=O) groups is 1. The summed E-state index contributed by atoms with van der Waals surface area (Å²) in [5.74, 6) is 0. The molecular formula is C20H20BrN3O2. The van der Waals surface area contributed by atoms with Gasteiger partial charge in [-0.1, -0.05) is 30.3 Å². The van der Waals surface area contributed by atoms with Crippen LogP contribution in [-0.4, -0.2) is 33.6 Å². The van der Waals surface area contributed by atoms with Gasteiger partial charge in [-0.25, -0.2) is 9.78 Å². The first-order chi connectivity index (χ1) is 12.7. The number of amides is 1. The number of halogens is 1. The summed E-state index contributed by atoms with van der Waals surface area (Å²) < 4.78 is 8.66. The average Bonchev–Trinajstić information content (AvgIpc) is 3.10. The highest BCUT2D eigenvalue weighted by atomic mass is 79.9. The van der Waals surface area contributed by atoms with Crippen LogP contribution < -0.4 is 0 Å². The van der Waals surface area contributed by atoms with Crippen LogP contribution in [0.3, 0.4) is 0 Å². The number of aromatic nitrogens is 2. The zero-order valence-electron chi connectivity index (χ0n) is 14.3. The Morgan fingerprint density at radius 1 is 1.19 bits per heavy atom. The van der Waals surface area contributed by atoms with Crippen LogP contribution in [0.25, 0.3) is 11.0 Å². The van der Waals surface area contributed by atoms with Gasteiger partial charge in [0.25, 0.3) is 0 Å². The van der Waals surface area contributed by atoms with Crippen LogP contribution in [0, 0.1) is 0 Å². The van der Waals surface area contributed by atoms with Crippen molar-refractivity contribution in [1.29, 1.82) is 0 Å². The Hall–Kier alpha value is -2.34. The third kappa shape index (κ3) is 3.60. The Labute approximate surface area is 160 Å². The van der Waals surface area contributed by atoms with Crippen molar-refractivity contribution in [2.75, 3.05) is 13.1 Å². The Balaban J connectivity index is 1.35. The van der Waals surface area contributed by atoms with Gasteiger partial charge >= 0.3 is 6.09 Å². The molecule has 1 fully saturated rings. The monoisotopic (exact) mass is 413 g/mol. The van der Waals surface area contributed by atoms with Crippen LogP contribution >= 0.6 is 15.9 Å². The fourth-order valence-corrected chi connectivity index (χ4v) is 3.80. The lowest BCUT2D eigenvalue weighted by Crippen LogP contribution is -2.39. The van der Waals surface area contributed by atoms with E-state index in [4.69, 9.17) is 4.74 Å². The molecule has 26 heavy (non-hydrogen) atoms. The fraction of sp³-hybridized carbons (Fsp3) is 0.300. The van der Waals surface area contributed by atoms with E-state index >= 15 is 0 Å². The Bertz CT molecular complexity index is 902. The number of benzene rings is 1. The average molecular weight is 414 g/mol. The van der Waals surface area contributed by atoms with Gasteiger partial charge in [-0.2, -0.15) is 0 Å². The number of piperidine rings is 1. The van der Waals surface area contributed by atoms with Crippen LogP contribution in [0.4, 0.5) is 4.79 Å². The maximum atomic E-state index is 12.3. The highest BCUT2D eigenvalue weighted by Crippen LogP contribution is 2.28. The fourth-order valence-electron chi connectivity index (χ4n) is 3.45. The zero-order valence-corrected chi connectivity index (χ0v) is 15.9. The minimum Gasteiger partial charge on any atom is -0.445 e. The van der Waals surface area contributed by atoms with Gasteiger partial charge in [0, 0.05) is 41.4 Å². The molecule has 0 unspecified atom stereocenters. The van der Waals surface area contributed by atoms with Crippen molar-refractivity contribution in [2.24, 2.45) is 0 Å². The Kier molecular flexibility index (Phi) is 4.93. The normalized spacial score (nSPS) is 15.3. The molecule has 4 rings (SSSR count). The SMILES string of the molecule is O=C(OCc1ccccc1)N1CCC(n2ccc3cc(Br)cnc32)CC1. The minimum atomic E-state index is -0.230. The maximum Gasteiger partial charge on any atom is 0.410 e. The van der Waals surface area contributed by atoms with Gasteiger partial charge in [-0.05, 0) is 46.5 Å². The molecule has 0 bridgehead atoms. The van der Waals surface area contributed by atoms with E-state index in [0.717, 1.165) is 33.9 Å². The molecule has 5 nitrogen and oxygen atoms in total. The molecule has 3 heterocycles. The number of hydrogen-bond acceptors (Lipinski definition) is 3. The molecule has 2 aromatic heterocycles. The third-order valence-electron chi connectivity index (χ3n) is 4.84. The van der Waals surface area contributed by atoms with E-state index in [1.807, 2.05) is 36.5 Å². The molecule has 3 aromatic rings. The lowest BCUT2D eigenvalue weighted by atomic mass is 10.1. The lowest BCUT2D eigenvalue weighted by molar-refractivity contribution is 0.0834. The summed E-state index contributed by atoms with van der Waals surface area (Å²) in [5, 5.41) is 1.13. The predicted molar refractivity (Wildman–Crippen MR) is 104 cm³/mol. The van der Waals surface area contributed by atoms with E-state index in [1.165, 1.54) is 0 Å². The summed E-state index contributed by atoms with van der Waals surface area (Å²) in [6.07, 6.45) is 5.50. The minimum absolute atomic E-state index is 0.230. The van der Waals surface area contributed by atoms with E-state index < -0.39 is 0 Å². The van der Waals surface area contributed by atoms with Crippen molar-refractivity contribution >= 4 is 33.1 Å². The summed E-state index contributed by atoms with van der Waals surface area (Å²) in [4.78, 5) is 18.6. The van der Waals surface area contributed by atoms with Crippen LogP contribution in [0.2, 0.25) is 0 Å². The van der Waals surface area contributed by atoms with Crippen LogP contribution in [0.5, 0.6) is 0 Å². The summed E-state index contributed by atoms with van der Waals surface area (Å²) in [6.45, 7) is 1.73. The van der Waals surface area contributed by atoms with E-state index in [-0.39, 0.29) is 6.09 Å². The molecular weight excluding hydrogens is 394 g/mol. The highest BCUT2D eigenvalue weighted by molar-refractivity contribution is 9.10. The molecule has 0 spiro atoms. The molecule has 6 heteroatoms. The van der Waals surface area contributed by atoms with Gasteiger partial charge < -0.3 is 14.2 Å². The topological polar surface area (TPSA) is 47.4 Å². The molecule has 1 aromatic carbocycles. The van der Waals surface area contributed by atoms with Crippen molar-refractivity contribution in [2.45, 2.75) is 25.5 Å². The van der Waals surface area contributed by atoms with E-state index in [0.29, 0.717) is 25.7 Å². The first-order valence-corrected chi connectivity index (χ1v) is 9.58. The van der Waals surface area contributed by atoms with Crippen LogP contribution in [0.15, 0.2) is 59.3 Å². The number of ether oxygens (including phenoxy) is 1. The van der Waals surface area contributed by atoms with Crippen molar-refractivity contribution in [3.8, 4) is 0 Å². The summed E-state index contributed by atoms with van der Waals surface area (Å²) in [5.41, 5.74) is 2.00. The largest absolute Gasteiger partial charge is 0.445 e. The molecule has 0 aliphatic carbocycles. The zero-order chi connectivity index (χ0) is 17.9. The lowest BCUT2D eigenvalue weighted by Gasteiger charge is -2.32. The first kappa shape index (κ1) is 17.1. The van der Waals surface area contributed by atoms with Crippen molar-refractivity contribution < 1.29 is 9.53 Å². The number of pyridine rings is 1. The summed E-state index contributed by atoms with van der Waals surface area (Å²) in [6, 6.07) is 14.3. The van der Waals surface area contributed by atoms with Gasteiger partial charge in [0.05, 0.1) is 0 Å². The number of rotatable bonds is 3. The molecule has 1 amide bonds. The molecule has 0 radical (unpaired) electrons. The van der Waals surface area contributed by atoms with Gasteiger partial charge in [-0.3, -0.25) is 0 Å². The molecule has 134 valence electrons. The van der Waals surface area contributed by atoms with E-state index in [9.17, 15) is 4.79 Å². The van der Waals surface area contributed by atoms with Crippen LogP contribution in [0.1, 0.15) is 24.4 Å². The molecule has 0 atom stereocenters. The van der Waals surface area contributed by atoms with Crippen molar-refractivity contribution in [3.05, 3.63) is 64.9 Å². The predicted octanol–water partition coefficient (Wildman–Crippen LogP) is 4.77. The van der Waals surface area contributed by atoms with Crippen molar-refractivity contribution in [1.82, 2.24) is 14.5 Å². The van der Waals surface area contributed by atoms with Crippen molar-refractivity contribution in [3.63, 3.8) is 0 Å².